The number of ketones is 1. The molecule has 0 unspecified atom stereocenters. The molecule has 0 aromatic heterocycles. The van der Waals surface area contributed by atoms with E-state index in [2.05, 4.69) is 6.92 Å². The Bertz CT molecular complexity index is 585. The number of Topliss-reactive ketones (excluding diaryl/α,β-unsaturated/α-hetero) is 1. The summed E-state index contributed by atoms with van der Waals surface area (Å²) in [7, 11) is 0. The van der Waals surface area contributed by atoms with Gasteiger partial charge in [-0.25, -0.2) is 0 Å². The first kappa shape index (κ1) is 15.3. The maximum absolute atomic E-state index is 12.2. The number of carbonyl (C=O) groups excluding carboxylic acids is 2. The molecule has 0 atom stereocenters. The minimum absolute atomic E-state index is 0.0454. The molecule has 4 nitrogen and oxygen atoms in total. The summed E-state index contributed by atoms with van der Waals surface area (Å²) < 4.78 is 0. The molecule has 112 valence electrons. The Morgan fingerprint density at radius 2 is 1.86 bits per heavy atom. The SMILES string of the molecule is CCCc1ccc(/C(O)=C2\C(=O)CN(C(C)C)C2=O)cc1. The van der Waals surface area contributed by atoms with Gasteiger partial charge < -0.3 is 10.0 Å². The number of likely N-dealkylation sites (tertiary alicyclic amines) is 1. The van der Waals surface area contributed by atoms with E-state index >= 15 is 0 Å². The van der Waals surface area contributed by atoms with Gasteiger partial charge >= 0.3 is 0 Å². The first-order valence-corrected chi connectivity index (χ1v) is 7.32. The smallest absolute Gasteiger partial charge is 0.262 e. The maximum Gasteiger partial charge on any atom is 0.262 e. The van der Waals surface area contributed by atoms with Crippen LogP contribution in [0.2, 0.25) is 0 Å². The van der Waals surface area contributed by atoms with E-state index in [-0.39, 0.29) is 35.6 Å². The minimum Gasteiger partial charge on any atom is -0.506 e. The van der Waals surface area contributed by atoms with Gasteiger partial charge in [0.25, 0.3) is 5.91 Å². The van der Waals surface area contributed by atoms with Crippen LogP contribution < -0.4 is 0 Å². The van der Waals surface area contributed by atoms with Crippen molar-refractivity contribution in [1.29, 1.82) is 0 Å². The first-order chi connectivity index (χ1) is 9.95. The molecule has 1 aliphatic rings. The van der Waals surface area contributed by atoms with Gasteiger partial charge in [-0.05, 0) is 25.8 Å². The van der Waals surface area contributed by atoms with E-state index in [0.717, 1.165) is 12.8 Å². The van der Waals surface area contributed by atoms with E-state index in [1.54, 1.807) is 12.1 Å². The Hall–Kier alpha value is -2.10. The number of carbonyl (C=O) groups is 2. The largest absolute Gasteiger partial charge is 0.506 e. The van der Waals surface area contributed by atoms with Crippen LogP contribution >= 0.6 is 0 Å². The van der Waals surface area contributed by atoms with Crippen molar-refractivity contribution in [3.63, 3.8) is 0 Å². The highest BCUT2D eigenvalue weighted by atomic mass is 16.3. The molecule has 1 amide bonds. The van der Waals surface area contributed by atoms with Crippen molar-refractivity contribution in [1.82, 2.24) is 4.90 Å². The lowest BCUT2D eigenvalue weighted by Crippen LogP contribution is -2.32. The lowest BCUT2D eigenvalue weighted by molar-refractivity contribution is -0.126. The number of aryl methyl sites for hydroxylation is 1. The van der Waals surface area contributed by atoms with Crippen LogP contribution in [0, 0.1) is 0 Å². The highest BCUT2D eigenvalue weighted by molar-refractivity contribution is 6.28. The van der Waals surface area contributed by atoms with E-state index in [9.17, 15) is 14.7 Å². The predicted molar refractivity (Wildman–Crippen MR) is 81.8 cm³/mol. The molecular weight excluding hydrogens is 266 g/mol. The van der Waals surface area contributed by atoms with Crippen LogP contribution in [0.15, 0.2) is 29.8 Å². The Morgan fingerprint density at radius 1 is 1.24 bits per heavy atom. The zero-order chi connectivity index (χ0) is 15.6. The molecule has 21 heavy (non-hydrogen) atoms. The number of hydrogen-bond donors (Lipinski definition) is 1. The predicted octanol–water partition coefficient (Wildman–Crippen LogP) is 2.73. The second-order valence-electron chi connectivity index (χ2n) is 5.62. The Kier molecular flexibility index (Phi) is 4.46. The topological polar surface area (TPSA) is 57.6 Å². The van der Waals surface area contributed by atoms with Crippen LogP contribution in [0.25, 0.3) is 5.76 Å². The molecule has 1 heterocycles. The van der Waals surface area contributed by atoms with Crippen LogP contribution in [-0.4, -0.2) is 34.3 Å². The zero-order valence-corrected chi connectivity index (χ0v) is 12.7. The quantitative estimate of drug-likeness (QED) is 0.526. The van der Waals surface area contributed by atoms with Crippen LogP contribution in [0.4, 0.5) is 0 Å². The Balaban J connectivity index is 2.34. The fraction of sp³-hybridized carbons (Fsp3) is 0.412. The van der Waals surface area contributed by atoms with E-state index < -0.39 is 0 Å². The van der Waals surface area contributed by atoms with Gasteiger partial charge in [-0.2, -0.15) is 0 Å². The van der Waals surface area contributed by atoms with Gasteiger partial charge in [0.2, 0.25) is 0 Å². The zero-order valence-electron chi connectivity index (χ0n) is 12.7. The van der Waals surface area contributed by atoms with E-state index in [0.29, 0.717) is 5.56 Å². The van der Waals surface area contributed by atoms with Crippen molar-refractivity contribution in [3.8, 4) is 0 Å². The van der Waals surface area contributed by atoms with E-state index in [1.807, 2.05) is 26.0 Å². The molecule has 1 N–H and O–H groups in total. The normalized spacial score (nSPS) is 17.8. The average Bonchev–Trinajstić information content (AvgIpc) is 2.75. The summed E-state index contributed by atoms with van der Waals surface area (Å²) in [5, 5.41) is 10.3. The van der Waals surface area contributed by atoms with Crippen LogP contribution in [0.5, 0.6) is 0 Å². The third-order valence-electron chi connectivity index (χ3n) is 3.69. The second-order valence-corrected chi connectivity index (χ2v) is 5.62. The van der Waals surface area contributed by atoms with Gasteiger partial charge in [-0.15, -0.1) is 0 Å². The molecule has 1 aromatic rings. The van der Waals surface area contributed by atoms with Crippen molar-refractivity contribution < 1.29 is 14.7 Å². The molecule has 0 bridgehead atoms. The molecule has 0 radical (unpaired) electrons. The molecule has 0 spiro atoms. The lowest BCUT2D eigenvalue weighted by Gasteiger charge is -2.18. The summed E-state index contributed by atoms with van der Waals surface area (Å²) in [6, 6.07) is 7.29. The molecule has 0 saturated carbocycles. The van der Waals surface area contributed by atoms with Crippen LogP contribution in [0.3, 0.4) is 0 Å². The first-order valence-electron chi connectivity index (χ1n) is 7.32. The monoisotopic (exact) mass is 287 g/mol. The van der Waals surface area contributed by atoms with Gasteiger partial charge in [-0.1, -0.05) is 37.6 Å². The van der Waals surface area contributed by atoms with Crippen molar-refractivity contribution in [2.45, 2.75) is 39.7 Å². The van der Waals surface area contributed by atoms with Crippen molar-refractivity contribution in [3.05, 3.63) is 41.0 Å². The molecule has 1 aromatic carbocycles. The molecule has 1 fully saturated rings. The fourth-order valence-corrected chi connectivity index (χ4v) is 2.48. The third-order valence-corrected chi connectivity index (χ3v) is 3.69. The number of hydrogen-bond acceptors (Lipinski definition) is 3. The summed E-state index contributed by atoms with van der Waals surface area (Å²) in [6.45, 7) is 5.85. The number of amides is 1. The van der Waals surface area contributed by atoms with Crippen molar-refractivity contribution in [2.24, 2.45) is 0 Å². The molecule has 1 aliphatic heterocycles. The lowest BCUT2D eigenvalue weighted by atomic mass is 10.0. The summed E-state index contributed by atoms with van der Waals surface area (Å²) in [4.78, 5) is 25.7. The molecule has 4 heteroatoms. The summed E-state index contributed by atoms with van der Waals surface area (Å²) >= 11 is 0. The third kappa shape index (κ3) is 2.99. The summed E-state index contributed by atoms with van der Waals surface area (Å²) in [5.74, 6) is -0.912. The van der Waals surface area contributed by atoms with Gasteiger partial charge in [0, 0.05) is 11.6 Å². The van der Waals surface area contributed by atoms with Crippen molar-refractivity contribution >= 4 is 17.4 Å². The van der Waals surface area contributed by atoms with Gasteiger partial charge in [0.05, 0.1) is 6.54 Å². The van der Waals surface area contributed by atoms with E-state index in [1.165, 1.54) is 10.5 Å². The minimum atomic E-state index is -0.384. The standard InChI is InChI=1S/C17H21NO3/c1-4-5-12-6-8-13(9-7-12)16(20)15-14(19)10-18(11(2)3)17(15)21/h6-9,11,20H,4-5,10H2,1-3H3/b16-15-. The highest BCUT2D eigenvalue weighted by Gasteiger charge is 2.37. The van der Waals surface area contributed by atoms with Gasteiger partial charge in [-0.3, -0.25) is 9.59 Å². The molecule has 1 saturated heterocycles. The van der Waals surface area contributed by atoms with Crippen molar-refractivity contribution in [2.75, 3.05) is 6.54 Å². The fourth-order valence-electron chi connectivity index (χ4n) is 2.48. The number of rotatable bonds is 4. The highest BCUT2D eigenvalue weighted by Crippen LogP contribution is 2.25. The number of benzene rings is 1. The Labute approximate surface area is 125 Å². The molecule has 2 rings (SSSR count). The maximum atomic E-state index is 12.2. The summed E-state index contributed by atoms with van der Waals surface area (Å²) in [6.07, 6.45) is 2.02. The number of aliphatic hydroxyl groups excluding tert-OH is 1. The Morgan fingerprint density at radius 3 is 2.33 bits per heavy atom. The number of nitrogens with zero attached hydrogens (tertiary/aromatic N) is 1. The average molecular weight is 287 g/mol. The summed E-state index contributed by atoms with van der Waals surface area (Å²) in [5.41, 5.74) is 1.59. The van der Waals surface area contributed by atoms with Crippen LogP contribution in [0.1, 0.15) is 38.3 Å². The van der Waals surface area contributed by atoms with Gasteiger partial charge in [0.15, 0.2) is 5.78 Å². The molecular formula is C17H21NO3. The molecule has 0 aliphatic carbocycles. The van der Waals surface area contributed by atoms with Gasteiger partial charge in [0.1, 0.15) is 11.3 Å². The second kappa shape index (κ2) is 6.12. The number of aliphatic hydroxyl groups is 1. The van der Waals surface area contributed by atoms with E-state index in [4.69, 9.17) is 0 Å². The van der Waals surface area contributed by atoms with Crippen LogP contribution in [-0.2, 0) is 16.0 Å².